The molecule has 0 amide bonds. The Morgan fingerprint density at radius 1 is 1.26 bits per heavy atom. The van der Waals surface area contributed by atoms with Crippen molar-refractivity contribution in [3.8, 4) is 11.5 Å². The number of rotatable bonds is 4. The zero-order valence-electron chi connectivity index (χ0n) is 15.3. The second kappa shape index (κ2) is 7.04. The molecule has 27 heavy (non-hydrogen) atoms. The Morgan fingerprint density at radius 2 is 2.11 bits per heavy atom. The SMILES string of the molecule is CCOc1cc2c(cc1OC)C(c1ccc(=O)[nH]c1)=N[C@@H]1C=C[C@H](O)C[C@H]21. The number of methoxy groups -OCH3 is 1. The van der Waals surface area contributed by atoms with Crippen LogP contribution in [0.3, 0.4) is 0 Å². The van der Waals surface area contributed by atoms with Crippen molar-refractivity contribution in [2.45, 2.75) is 31.4 Å². The van der Waals surface area contributed by atoms with Gasteiger partial charge in [0.25, 0.3) is 0 Å². The van der Waals surface area contributed by atoms with Gasteiger partial charge in [0.1, 0.15) is 0 Å². The fourth-order valence-electron chi connectivity index (χ4n) is 3.82. The molecule has 0 unspecified atom stereocenters. The van der Waals surface area contributed by atoms with E-state index < -0.39 is 6.10 Å². The highest BCUT2D eigenvalue weighted by Crippen LogP contribution is 2.43. The highest BCUT2D eigenvalue weighted by Gasteiger charge is 2.35. The molecular formula is C21H22N2O4. The monoisotopic (exact) mass is 366 g/mol. The van der Waals surface area contributed by atoms with Crippen molar-refractivity contribution in [2.75, 3.05) is 13.7 Å². The van der Waals surface area contributed by atoms with Crippen molar-refractivity contribution in [1.82, 2.24) is 4.98 Å². The maximum Gasteiger partial charge on any atom is 0.247 e. The molecule has 2 aliphatic rings. The largest absolute Gasteiger partial charge is 0.493 e. The molecule has 0 spiro atoms. The molecule has 0 fully saturated rings. The molecule has 1 aromatic heterocycles. The van der Waals surface area contributed by atoms with E-state index >= 15 is 0 Å². The molecular weight excluding hydrogens is 344 g/mol. The zero-order valence-corrected chi connectivity index (χ0v) is 15.3. The molecule has 1 aliphatic heterocycles. The minimum Gasteiger partial charge on any atom is -0.493 e. The second-order valence-corrected chi connectivity index (χ2v) is 6.73. The predicted molar refractivity (Wildman–Crippen MR) is 103 cm³/mol. The van der Waals surface area contributed by atoms with E-state index in [1.54, 1.807) is 25.4 Å². The van der Waals surface area contributed by atoms with Crippen LogP contribution < -0.4 is 15.0 Å². The summed E-state index contributed by atoms with van der Waals surface area (Å²) in [5.41, 5.74) is 3.48. The maximum atomic E-state index is 11.5. The van der Waals surface area contributed by atoms with Gasteiger partial charge in [0.15, 0.2) is 11.5 Å². The lowest BCUT2D eigenvalue weighted by Gasteiger charge is -2.34. The van der Waals surface area contributed by atoms with E-state index in [2.05, 4.69) is 4.98 Å². The summed E-state index contributed by atoms with van der Waals surface area (Å²) >= 11 is 0. The summed E-state index contributed by atoms with van der Waals surface area (Å²) in [6, 6.07) is 7.14. The van der Waals surface area contributed by atoms with Crippen LogP contribution in [-0.2, 0) is 0 Å². The molecule has 2 N–H and O–H groups in total. The van der Waals surface area contributed by atoms with E-state index in [1.807, 2.05) is 25.1 Å². The lowest BCUT2D eigenvalue weighted by atomic mass is 9.77. The Hall–Kier alpha value is -2.86. The molecule has 0 saturated carbocycles. The van der Waals surface area contributed by atoms with Crippen molar-refractivity contribution in [1.29, 1.82) is 0 Å². The van der Waals surface area contributed by atoms with Crippen LogP contribution in [0.15, 0.2) is 52.4 Å². The molecule has 6 nitrogen and oxygen atoms in total. The standard InChI is InChI=1S/C21H22N2O4/c1-3-27-19-9-14-15-8-13(24)5-6-17(15)23-21(16(14)10-18(19)26-2)12-4-7-20(25)22-11-12/h4-7,9-11,13,15,17,24H,3,8H2,1-2H3,(H,22,25)/t13-,15+,17+/m0/s1. The summed E-state index contributed by atoms with van der Waals surface area (Å²) in [6.07, 6.45) is 5.55. The first-order valence-electron chi connectivity index (χ1n) is 9.09. The summed E-state index contributed by atoms with van der Waals surface area (Å²) in [4.78, 5) is 19.1. The average Bonchev–Trinajstić information content (AvgIpc) is 2.68. The van der Waals surface area contributed by atoms with Gasteiger partial charge < -0.3 is 19.6 Å². The number of nitrogens with zero attached hydrogens (tertiary/aromatic N) is 1. The van der Waals surface area contributed by atoms with Crippen LogP contribution in [0.2, 0.25) is 0 Å². The van der Waals surface area contributed by atoms with E-state index in [4.69, 9.17) is 14.5 Å². The van der Waals surface area contributed by atoms with Gasteiger partial charge >= 0.3 is 0 Å². The third kappa shape index (κ3) is 3.17. The zero-order chi connectivity index (χ0) is 19.0. The molecule has 6 heteroatoms. The molecule has 1 aromatic carbocycles. The van der Waals surface area contributed by atoms with Crippen LogP contribution >= 0.6 is 0 Å². The average molecular weight is 366 g/mol. The van der Waals surface area contributed by atoms with Crippen molar-refractivity contribution in [3.05, 3.63) is 69.7 Å². The van der Waals surface area contributed by atoms with E-state index in [-0.39, 0.29) is 17.5 Å². The van der Waals surface area contributed by atoms with Crippen LogP contribution in [0, 0.1) is 0 Å². The molecule has 0 radical (unpaired) electrons. The van der Waals surface area contributed by atoms with Gasteiger partial charge in [-0.05, 0) is 37.1 Å². The number of hydrogen-bond donors (Lipinski definition) is 2. The minimum atomic E-state index is -0.485. The highest BCUT2D eigenvalue weighted by molar-refractivity contribution is 6.14. The van der Waals surface area contributed by atoms with Crippen LogP contribution in [0.1, 0.15) is 36.0 Å². The Kier molecular flexibility index (Phi) is 4.58. The van der Waals surface area contributed by atoms with Gasteiger partial charge in [-0.15, -0.1) is 0 Å². The van der Waals surface area contributed by atoms with E-state index in [0.717, 1.165) is 22.4 Å². The van der Waals surface area contributed by atoms with Crippen molar-refractivity contribution in [2.24, 2.45) is 4.99 Å². The van der Waals surface area contributed by atoms with E-state index in [0.29, 0.717) is 24.5 Å². The van der Waals surface area contributed by atoms with Gasteiger partial charge in [0.05, 0.1) is 31.6 Å². The molecule has 2 heterocycles. The molecule has 140 valence electrons. The van der Waals surface area contributed by atoms with Gasteiger partial charge in [0.2, 0.25) is 5.56 Å². The Morgan fingerprint density at radius 3 is 2.81 bits per heavy atom. The second-order valence-electron chi connectivity index (χ2n) is 6.73. The summed E-state index contributed by atoms with van der Waals surface area (Å²) in [7, 11) is 1.61. The number of H-pyrrole nitrogens is 1. The number of nitrogens with one attached hydrogen (secondary N) is 1. The summed E-state index contributed by atoms with van der Waals surface area (Å²) < 4.78 is 11.3. The smallest absolute Gasteiger partial charge is 0.247 e. The number of aromatic nitrogens is 1. The third-order valence-corrected chi connectivity index (χ3v) is 5.06. The lowest BCUT2D eigenvalue weighted by Crippen LogP contribution is -2.31. The van der Waals surface area contributed by atoms with Crippen molar-refractivity contribution < 1.29 is 14.6 Å². The Balaban J connectivity index is 1.92. The van der Waals surface area contributed by atoms with Gasteiger partial charge in [-0.25, -0.2) is 0 Å². The fourth-order valence-corrected chi connectivity index (χ4v) is 3.82. The van der Waals surface area contributed by atoms with Crippen molar-refractivity contribution >= 4 is 5.71 Å². The fraction of sp³-hybridized carbons (Fsp3) is 0.333. The van der Waals surface area contributed by atoms with Crippen molar-refractivity contribution in [3.63, 3.8) is 0 Å². The number of fused-ring (bicyclic) bond motifs is 3. The molecule has 1 aliphatic carbocycles. The van der Waals surface area contributed by atoms with Crippen LogP contribution in [0.5, 0.6) is 11.5 Å². The summed E-state index contributed by atoms with van der Waals surface area (Å²) in [6.45, 7) is 2.47. The number of aliphatic hydroxyl groups excluding tert-OH is 1. The number of pyridine rings is 1. The summed E-state index contributed by atoms with van der Waals surface area (Å²) in [5.74, 6) is 1.39. The first kappa shape index (κ1) is 17.5. The highest BCUT2D eigenvalue weighted by atomic mass is 16.5. The van der Waals surface area contributed by atoms with Gasteiger partial charge in [-0.1, -0.05) is 12.2 Å². The van der Waals surface area contributed by atoms with Crippen LogP contribution in [0.25, 0.3) is 0 Å². The molecule has 0 saturated heterocycles. The van der Waals surface area contributed by atoms with E-state index in [9.17, 15) is 9.90 Å². The number of benzene rings is 1. The molecule has 2 aromatic rings. The Labute approximate surface area is 157 Å². The van der Waals surface area contributed by atoms with Gasteiger partial charge in [-0.3, -0.25) is 9.79 Å². The van der Waals surface area contributed by atoms with Crippen LogP contribution in [0.4, 0.5) is 0 Å². The first-order chi connectivity index (χ1) is 13.1. The topological polar surface area (TPSA) is 83.9 Å². The first-order valence-corrected chi connectivity index (χ1v) is 9.09. The number of ether oxygens (including phenoxy) is 2. The normalized spacial score (nSPS) is 23.2. The quantitative estimate of drug-likeness (QED) is 0.814. The third-order valence-electron chi connectivity index (χ3n) is 5.06. The number of aliphatic hydroxyl groups is 1. The number of aromatic amines is 1. The van der Waals surface area contributed by atoms with Gasteiger partial charge in [-0.2, -0.15) is 0 Å². The summed E-state index contributed by atoms with van der Waals surface area (Å²) in [5, 5.41) is 10.1. The number of hydrogen-bond acceptors (Lipinski definition) is 5. The lowest BCUT2D eigenvalue weighted by molar-refractivity contribution is 0.190. The van der Waals surface area contributed by atoms with E-state index in [1.165, 1.54) is 6.07 Å². The van der Waals surface area contributed by atoms with Gasteiger partial charge in [0, 0.05) is 29.3 Å². The number of aliphatic imine (C=N–C) groups is 1. The van der Waals surface area contributed by atoms with Crippen LogP contribution in [-0.4, -0.2) is 41.7 Å². The molecule has 4 rings (SSSR count). The predicted octanol–water partition coefficient (Wildman–Crippen LogP) is 2.41. The maximum absolute atomic E-state index is 11.5. The molecule has 0 bridgehead atoms. The minimum absolute atomic E-state index is 0.0642. The Bertz CT molecular complexity index is 956. The molecule has 3 atom stereocenters.